The van der Waals surface area contributed by atoms with Gasteiger partial charge in [0.2, 0.25) is 0 Å². The van der Waals surface area contributed by atoms with Gasteiger partial charge in [-0.05, 0) is 51.4 Å². The maximum Gasteiger partial charge on any atom is 0.306 e. The molecule has 1 unspecified atom stereocenters. The van der Waals surface area contributed by atoms with Gasteiger partial charge in [-0.2, -0.15) is 0 Å². The molecule has 0 aromatic heterocycles. The molecule has 0 aliphatic carbocycles. The minimum absolute atomic E-state index is 0.0832. The summed E-state index contributed by atoms with van der Waals surface area (Å²) in [6.07, 6.45) is 47.3. The smallest absolute Gasteiger partial charge is 0.306 e. The van der Waals surface area contributed by atoms with Crippen molar-refractivity contribution in [1.29, 1.82) is 0 Å². The lowest BCUT2D eigenvalue weighted by molar-refractivity contribution is -0.163. The molecule has 0 heterocycles. The highest BCUT2D eigenvalue weighted by Gasteiger charge is 2.17. The second-order valence-electron chi connectivity index (χ2n) is 14.2. The van der Waals surface area contributed by atoms with Crippen molar-refractivity contribution in [1.82, 2.24) is 0 Å². The molecule has 0 bridgehead atoms. The molecule has 0 amide bonds. The van der Waals surface area contributed by atoms with Gasteiger partial charge < -0.3 is 14.2 Å². The molecule has 0 aliphatic rings. The lowest BCUT2D eigenvalue weighted by atomic mass is 10.1. The third kappa shape index (κ3) is 38.9. The molecular weight excluding hydrogens is 620 g/mol. The van der Waals surface area contributed by atoms with E-state index in [1.165, 1.54) is 109 Å². The molecule has 0 aliphatic heterocycles. The molecule has 0 aromatic rings. The van der Waals surface area contributed by atoms with Crippen LogP contribution < -0.4 is 0 Å². The molecule has 0 radical (unpaired) electrons. The Kier molecular flexibility index (Phi) is 40.0. The summed E-state index contributed by atoms with van der Waals surface area (Å²) in [5.41, 5.74) is 0. The zero-order valence-electron chi connectivity index (χ0n) is 33.4. The third-order valence-electron chi connectivity index (χ3n) is 9.19. The number of rotatable bonds is 39. The van der Waals surface area contributed by atoms with Gasteiger partial charge in [0.15, 0.2) is 6.10 Å². The summed E-state index contributed by atoms with van der Waals surface area (Å²) in [5.74, 6) is -0.415. The molecule has 0 saturated heterocycles. The van der Waals surface area contributed by atoms with Crippen molar-refractivity contribution >= 4 is 11.9 Å². The number of carbonyl (C=O) groups excluding carboxylic acids is 2. The Labute approximate surface area is 310 Å². The zero-order chi connectivity index (χ0) is 36.4. The van der Waals surface area contributed by atoms with E-state index >= 15 is 0 Å². The Morgan fingerprint density at radius 3 is 1.44 bits per heavy atom. The maximum absolute atomic E-state index is 12.5. The summed E-state index contributed by atoms with van der Waals surface area (Å²) >= 11 is 0. The first-order valence-electron chi connectivity index (χ1n) is 21.5. The normalized spacial score (nSPS) is 12.5. The van der Waals surface area contributed by atoms with Crippen LogP contribution in [0.4, 0.5) is 0 Å². The predicted octanol–water partition coefficient (Wildman–Crippen LogP) is 13.9. The van der Waals surface area contributed by atoms with Crippen LogP contribution in [0.3, 0.4) is 0 Å². The van der Waals surface area contributed by atoms with E-state index in [1.807, 2.05) is 0 Å². The van der Waals surface area contributed by atoms with Crippen LogP contribution in [0.1, 0.15) is 213 Å². The van der Waals surface area contributed by atoms with Crippen LogP contribution in [-0.2, 0) is 23.8 Å². The molecule has 0 fully saturated rings. The SMILES string of the molecule is CC/C=C\C/C=C\C/C=C\CCCCCCCCCC(=O)OCC(COCCCCCCCCCCCCCC)OC(=O)CCCCCCC. The standard InChI is InChI=1S/C45H82O5/c1-4-7-10-13-15-17-19-21-22-23-24-25-26-28-30-33-35-38-44(46)49-42-43(50-45(47)39-36-32-12-9-6-3)41-48-40-37-34-31-29-27-20-18-16-14-11-8-5-2/h7,10,15,17,21-22,43H,4-6,8-9,11-14,16,18-20,23-42H2,1-3H3/b10-7-,17-15-,22-21-. The lowest BCUT2D eigenvalue weighted by Crippen LogP contribution is -2.30. The molecule has 0 rings (SSSR count). The first-order valence-corrected chi connectivity index (χ1v) is 21.5. The average molecular weight is 703 g/mol. The lowest BCUT2D eigenvalue weighted by Gasteiger charge is -2.18. The fourth-order valence-electron chi connectivity index (χ4n) is 5.99. The summed E-state index contributed by atoms with van der Waals surface area (Å²) in [5, 5.41) is 0. The number of esters is 2. The van der Waals surface area contributed by atoms with Crippen LogP contribution in [0.25, 0.3) is 0 Å². The Morgan fingerprint density at radius 2 is 0.900 bits per heavy atom. The van der Waals surface area contributed by atoms with E-state index < -0.39 is 6.10 Å². The van der Waals surface area contributed by atoms with Gasteiger partial charge in [-0.3, -0.25) is 9.59 Å². The summed E-state index contributed by atoms with van der Waals surface area (Å²) < 4.78 is 17.2. The van der Waals surface area contributed by atoms with Gasteiger partial charge in [-0.15, -0.1) is 0 Å². The summed E-state index contributed by atoms with van der Waals surface area (Å²) in [7, 11) is 0. The molecular formula is C45H82O5. The van der Waals surface area contributed by atoms with Crippen LogP contribution >= 0.6 is 0 Å². The van der Waals surface area contributed by atoms with Crippen LogP contribution in [0.5, 0.6) is 0 Å². The van der Waals surface area contributed by atoms with E-state index in [1.54, 1.807) is 0 Å². The van der Waals surface area contributed by atoms with E-state index in [4.69, 9.17) is 14.2 Å². The minimum atomic E-state index is -0.529. The van der Waals surface area contributed by atoms with Crippen LogP contribution in [0, 0.1) is 0 Å². The first kappa shape index (κ1) is 48.1. The van der Waals surface area contributed by atoms with Crippen molar-refractivity contribution in [3.05, 3.63) is 36.5 Å². The molecule has 5 heteroatoms. The van der Waals surface area contributed by atoms with Gasteiger partial charge in [-0.1, -0.05) is 186 Å². The fourth-order valence-corrected chi connectivity index (χ4v) is 5.99. The molecule has 50 heavy (non-hydrogen) atoms. The number of allylic oxidation sites excluding steroid dienone is 6. The average Bonchev–Trinajstić information content (AvgIpc) is 3.11. The highest BCUT2D eigenvalue weighted by molar-refractivity contribution is 5.70. The second kappa shape index (κ2) is 41.5. The van der Waals surface area contributed by atoms with Crippen molar-refractivity contribution in [2.75, 3.05) is 19.8 Å². The van der Waals surface area contributed by atoms with E-state index in [9.17, 15) is 9.59 Å². The quantitative estimate of drug-likeness (QED) is 0.0362. The highest BCUT2D eigenvalue weighted by atomic mass is 16.6. The van der Waals surface area contributed by atoms with Gasteiger partial charge in [0.25, 0.3) is 0 Å². The molecule has 0 aromatic carbocycles. The summed E-state index contributed by atoms with van der Waals surface area (Å²) in [6, 6.07) is 0. The van der Waals surface area contributed by atoms with Crippen molar-refractivity contribution in [2.45, 2.75) is 219 Å². The molecule has 292 valence electrons. The first-order chi connectivity index (χ1) is 24.6. The second-order valence-corrected chi connectivity index (χ2v) is 14.2. The highest BCUT2D eigenvalue weighted by Crippen LogP contribution is 2.14. The van der Waals surface area contributed by atoms with Gasteiger partial charge in [0, 0.05) is 19.4 Å². The van der Waals surface area contributed by atoms with Crippen LogP contribution in [0.15, 0.2) is 36.5 Å². The number of ether oxygens (including phenoxy) is 3. The molecule has 0 spiro atoms. The van der Waals surface area contributed by atoms with Crippen LogP contribution in [0.2, 0.25) is 0 Å². The van der Waals surface area contributed by atoms with Crippen molar-refractivity contribution < 1.29 is 23.8 Å². The van der Waals surface area contributed by atoms with E-state index in [-0.39, 0.29) is 25.2 Å². The van der Waals surface area contributed by atoms with Gasteiger partial charge >= 0.3 is 11.9 Å². The Balaban J connectivity index is 4.06. The molecule has 1 atom stereocenters. The van der Waals surface area contributed by atoms with Gasteiger partial charge in [-0.25, -0.2) is 0 Å². The molecule has 5 nitrogen and oxygen atoms in total. The Hall–Kier alpha value is -1.88. The number of carbonyl (C=O) groups is 2. The molecule has 0 N–H and O–H groups in total. The third-order valence-corrected chi connectivity index (χ3v) is 9.19. The largest absolute Gasteiger partial charge is 0.462 e. The topological polar surface area (TPSA) is 61.8 Å². The van der Waals surface area contributed by atoms with Crippen molar-refractivity contribution in [3.8, 4) is 0 Å². The van der Waals surface area contributed by atoms with E-state index in [0.29, 0.717) is 19.4 Å². The van der Waals surface area contributed by atoms with Gasteiger partial charge in [0.1, 0.15) is 6.61 Å². The monoisotopic (exact) mass is 703 g/mol. The Morgan fingerprint density at radius 1 is 0.460 bits per heavy atom. The predicted molar refractivity (Wildman–Crippen MR) is 215 cm³/mol. The Bertz CT molecular complexity index is 801. The number of unbranched alkanes of at least 4 members (excludes halogenated alkanes) is 22. The summed E-state index contributed by atoms with van der Waals surface area (Å²) in [4.78, 5) is 24.9. The maximum atomic E-state index is 12.5. The van der Waals surface area contributed by atoms with Gasteiger partial charge in [0.05, 0.1) is 6.61 Å². The molecule has 0 saturated carbocycles. The summed E-state index contributed by atoms with van der Waals surface area (Å²) in [6.45, 7) is 7.65. The number of hydrogen-bond donors (Lipinski definition) is 0. The van der Waals surface area contributed by atoms with Crippen molar-refractivity contribution in [2.24, 2.45) is 0 Å². The minimum Gasteiger partial charge on any atom is -0.462 e. The van der Waals surface area contributed by atoms with E-state index in [0.717, 1.165) is 70.6 Å². The fraction of sp³-hybridized carbons (Fsp3) is 0.822. The van der Waals surface area contributed by atoms with Crippen LogP contribution in [-0.4, -0.2) is 37.9 Å². The van der Waals surface area contributed by atoms with E-state index in [2.05, 4.69) is 57.2 Å². The van der Waals surface area contributed by atoms with Crippen molar-refractivity contribution in [3.63, 3.8) is 0 Å². The number of hydrogen-bond acceptors (Lipinski definition) is 5. The zero-order valence-corrected chi connectivity index (χ0v) is 33.4.